The van der Waals surface area contributed by atoms with Crippen molar-refractivity contribution >= 4 is 38.9 Å². The lowest BCUT2D eigenvalue weighted by atomic mass is 9.90. The van der Waals surface area contributed by atoms with Crippen LogP contribution in [-0.4, -0.2) is 25.5 Å². The topological polar surface area (TPSA) is 55.8 Å². The molecule has 5 nitrogen and oxygen atoms in total. The lowest BCUT2D eigenvalue weighted by molar-refractivity contribution is -0.114. The highest BCUT2D eigenvalue weighted by Gasteiger charge is 2.35. The van der Waals surface area contributed by atoms with Gasteiger partial charge in [0.25, 0.3) is 11.7 Å². The third kappa shape index (κ3) is 1.41. The summed E-state index contributed by atoms with van der Waals surface area (Å²) in [6, 6.07) is 11.4. The van der Waals surface area contributed by atoms with Gasteiger partial charge in [-0.2, -0.15) is 0 Å². The first-order valence-electron chi connectivity index (χ1n) is 7.27. The van der Waals surface area contributed by atoms with Crippen molar-refractivity contribution in [1.82, 2.24) is 0 Å². The molecule has 1 amide bonds. The van der Waals surface area contributed by atoms with Crippen LogP contribution in [0, 0.1) is 0 Å². The zero-order valence-electron chi connectivity index (χ0n) is 12.3. The molecule has 0 unspecified atom stereocenters. The normalized spacial score (nSPS) is 15.8. The van der Waals surface area contributed by atoms with Crippen LogP contribution in [0.2, 0.25) is 0 Å². The van der Waals surface area contributed by atoms with E-state index < -0.39 is 11.7 Å². The highest BCUT2D eigenvalue weighted by Crippen LogP contribution is 2.49. The summed E-state index contributed by atoms with van der Waals surface area (Å²) in [5, 5.41) is 3.54. The minimum Gasteiger partial charge on any atom is -0.454 e. The number of hydrogen-bond acceptors (Lipinski definition) is 4. The minimum absolute atomic E-state index is 0.115. The molecule has 3 aromatic carbocycles. The third-order valence-corrected chi connectivity index (χ3v) is 4.55. The van der Waals surface area contributed by atoms with Gasteiger partial charge in [0.05, 0.1) is 5.69 Å². The van der Waals surface area contributed by atoms with E-state index in [0.717, 1.165) is 27.2 Å². The maximum absolute atomic E-state index is 12.5. The summed E-state index contributed by atoms with van der Waals surface area (Å²) >= 11 is 0. The molecule has 0 saturated carbocycles. The van der Waals surface area contributed by atoms with E-state index >= 15 is 0 Å². The Balaban J connectivity index is 2.11. The van der Waals surface area contributed by atoms with Gasteiger partial charge < -0.3 is 14.4 Å². The second-order valence-electron chi connectivity index (χ2n) is 5.72. The number of likely N-dealkylation sites (N-methyl/N-ethyl adjacent to an activating group) is 1. The first-order chi connectivity index (χ1) is 11.2. The molecule has 2 aliphatic heterocycles. The van der Waals surface area contributed by atoms with Crippen LogP contribution in [0.25, 0.3) is 21.5 Å². The lowest BCUT2D eigenvalue weighted by Crippen LogP contribution is -2.36. The molecule has 5 rings (SSSR count). The number of Topliss-reactive ketones (excluding diaryl/α,β-unsaturated/α-hetero) is 1. The molecule has 0 aliphatic carbocycles. The molecule has 0 radical (unpaired) electrons. The number of nitrogens with zero attached hydrogens (tertiary/aromatic N) is 1. The van der Waals surface area contributed by atoms with Crippen molar-refractivity contribution in [1.29, 1.82) is 0 Å². The van der Waals surface area contributed by atoms with Gasteiger partial charge in [-0.1, -0.05) is 24.3 Å². The second kappa shape index (κ2) is 4.01. The molecule has 112 valence electrons. The van der Waals surface area contributed by atoms with Gasteiger partial charge in [0.2, 0.25) is 6.79 Å². The average molecular weight is 305 g/mol. The van der Waals surface area contributed by atoms with Crippen LogP contribution in [0.15, 0.2) is 36.4 Å². The smallest absolute Gasteiger partial charge is 0.299 e. The van der Waals surface area contributed by atoms with Crippen LogP contribution in [0.1, 0.15) is 10.4 Å². The zero-order chi connectivity index (χ0) is 15.7. The van der Waals surface area contributed by atoms with Gasteiger partial charge >= 0.3 is 0 Å². The Kier molecular flexibility index (Phi) is 2.17. The summed E-state index contributed by atoms with van der Waals surface area (Å²) in [5.41, 5.74) is 1.10. The van der Waals surface area contributed by atoms with E-state index in [4.69, 9.17) is 9.47 Å². The van der Waals surface area contributed by atoms with E-state index in [1.807, 2.05) is 30.3 Å². The average Bonchev–Trinajstić information content (AvgIpc) is 3.05. The monoisotopic (exact) mass is 305 g/mol. The van der Waals surface area contributed by atoms with Gasteiger partial charge in [-0.15, -0.1) is 0 Å². The number of fused-ring (bicyclic) bond motifs is 4. The van der Waals surface area contributed by atoms with Crippen molar-refractivity contribution in [3.05, 3.63) is 42.0 Å². The van der Waals surface area contributed by atoms with Crippen LogP contribution in [0.5, 0.6) is 11.5 Å². The molecule has 0 fully saturated rings. The van der Waals surface area contributed by atoms with Crippen LogP contribution < -0.4 is 14.4 Å². The number of amides is 1. The number of ketones is 1. The number of ether oxygens (including phenoxy) is 2. The highest BCUT2D eigenvalue weighted by atomic mass is 16.7. The van der Waals surface area contributed by atoms with Gasteiger partial charge in [-0.25, -0.2) is 0 Å². The van der Waals surface area contributed by atoms with E-state index in [-0.39, 0.29) is 6.79 Å². The number of benzene rings is 3. The van der Waals surface area contributed by atoms with Gasteiger partial charge in [0.15, 0.2) is 11.5 Å². The molecule has 2 heterocycles. The van der Waals surface area contributed by atoms with Crippen molar-refractivity contribution in [3.63, 3.8) is 0 Å². The molecule has 3 aromatic rings. The summed E-state index contributed by atoms with van der Waals surface area (Å²) < 4.78 is 11.1. The quantitative estimate of drug-likeness (QED) is 0.473. The molecule has 23 heavy (non-hydrogen) atoms. The van der Waals surface area contributed by atoms with Crippen molar-refractivity contribution in [2.24, 2.45) is 0 Å². The molecule has 0 aromatic heterocycles. The predicted molar refractivity (Wildman–Crippen MR) is 85.3 cm³/mol. The van der Waals surface area contributed by atoms with Crippen molar-refractivity contribution in [2.45, 2.75) is 0 Å². The lowest BCUT2D eigenvalue weighted by Gasteiger charge is -2.26. The Morgan fingerprint density at radius 1 is 1.04 bits per heavy atom. The summed E-state index contributed by atoms with van der Waals surface area (Å²) in [5.74, 6) is 0.101. The Bertz CT molecular complexity index is 1050. The fourth-order valence-electron chi connectivity index (χ4n) is 3.46. The third-order valence-electron chi connectivity index (χ3n) is 4.55. The predicted octanol–water partition coefficient (Wildman–Crippen LogP) is 2.88. The fourth-order valence-corrected chi connectivity index (χ4v) is 3.46. The summed E-state index contributed by atoms with van der Waals surface area (Å²) in [7, 11) is 1.62. The van der Waals surface area contributed by atoms with E-state index in [9.17, 15) is 9.59 Å². The van der Waals surface area contributed by atoms with E-state index in [1.54, 1.807) is 13.1 Å². The first kappa shape index (κ1) is 12.5. The molecule has 2 aliphatic rings. The number of rotatable bonds is 0. The molecule has 0 atom stereocenters. The molecular formula is C18H11NO4. The first-order valence-corrected chi connectivity index (χ1v) is 7.27. The van der Waals surface area contributed by atoms with Crippen LogP contribution in [-0.2, 0) is 4.79 Å². The largest absolute Gasteiger partial charge is 0.454 e. The maximum atomic E-state index is 12.5. The van der Waals surface area contributed by atoms with E-state index in [1.165, 1.54) is 4.90 Å². The summed E-state index contributed by atoms with van der Waals surface area (Å²) in [6.45, 7) is 0.115. The highest BCUT2D eigenvalue weighted by molar-refractivity contribution is 6.52. The maximum Gasteiger partial charge on any atom is 0.299 e. The van der Waals surface area contributed by atoms with Gasteiger partial charge in [0, 0.05) is 23.4 Å². The summed E-state index contributed by atoms with van der Waals surface area (Å²) in [6.07, 6.45) is 0. The second-order valence-corrected chi connectivity index (χ2v) is 5.72. The molecule has 0 bridgehead atoms. The van der Waals surface area contributed by atoms with Crippen LogP contribution >= 0.6 is 0 Å². The number of carbonyl (C=O) groups excluding carboxylic acids is 2. The Hall–Kier alpha value is -3.08. The van der Waals surface area contributed by atoms with Gasteiger partial charge in [-0.05, 0) is 22.9 Å². The molecule has 0 spiro atoms. The van der Waals surface area contributed by atoms with Gasteiger partial charge in [-0.3, -0.25) is 9.59 Å². The Morgan fingerprint density at radius 2 is 1.87 bits per heavy atom. The molecule has 0 N–H and O–H groups in total. The number of hydrogen-bond donors (Lipinski definition) is 0. The number of anilines is 1. The zero-order valence-corrected chi connectivity index (χ0v) is 12.3. The van der Waals surface area contributed by atoms with Crippen LogP contribution in [0.4, 0.5) is 5.69 Å². The van der Waals surface area contributed by atoms with Gasteiger partial charge in [0.1, 0.15) is 0 Å². The minimum atomic E-state index is -0.534. The molecule has 5 heteroatoms. The van der Waals surface area contributed by atoms with Crippen LogP contribution in [0.3, 0.4) is 0 Å². The SMILES string of the molecule is CN1C(=O)C(=O)c2cc3c(c4c2c1cc1ccccc14)OCO3. The molecule has 0 saturated heterocycles. The van der Waals surface area contributed by atoms with Crippen molar-refractivity contribution < 1.29 is 19.1 Å². The Morgan fingerprint density at radius 3 is 2.74 bits per heavy atom. The molecular weight excluding hydrogens is 294 g/mol. The summed E-state index contributed by atoms with van der Waals surface area (Å²) in [4.78, 5) is 26.1. The van der Waals surface area contributed by atoms with Crippen molar-refractivity contribution in [2.75, 3.05) is 18.7 Å². The van der Waals surface area contributed by atoms with Crippen molar-refractivity contribution in [3.8, 4) is 11.5 Å². The fraction of sp³-hybridized carbons (Fsp3) is 0.111. The standard InChI is InChI=1S/C18H11NO4/c1-19-12-6-9-4-2-3-5-10(9)15-14(12)11(16(20)18(19)21)7-13-17(15)23-8-22-13/h2-7H,8H2,1H3. The Labute approximate surface area is 131 Å². The van der Waals surface area contributed by atoms with E-state index in [0.29, 0.717) is 17.1 Å². The number of carbonyl (C=O) groups is 2. The van der Waals surface area contributed by atoms with E-state index in [2.05, 4.69) is 0 Å².